The first-order valence-corrected chi connectivity index (χ1v) is 12.1. The summed E-state index contributed by atoms with van der Waals surface area (Å²) in [5, 5.41) is 11.1. The molecule has 8 heteroatoms. The van der Waals surface area contributed by atoms with Gasteiger partial charge in [0.25, 0.3) is 0 Å². The van der Waals surface area contributed by atoms with Crippen LogP contribution in [0.1, 0.15) is 37.3 Å². The number of nitrogens with zero attached hydrogens (tertiary/aromatic N) is 4. The number of alkyl halides is 1. The molecule has 184 valence electrons. The zero-order valence-electron chi connectivity index (χ0n) is 20.5. The number of hydrogen-bond donors (Lipinski definition) is 2. The van der Waals surface area contributed by atoms with Crippen molar-refractivity contribution >= 4 is 11.4 Å². The monoisotopic (exact) mass is 478 g/mol. The van der Waals surface area contributed by atoms with Crippen molar-refractivity contribution in [2.24, 2.45) is 0 Å². The van der Waals surface area contributed by atoms with Gasteiger partial charge in [0.2, 0.25) is 0 Å². The fraction of sp³-hybridized carbons (Fsp3) is 0.407. The second kappa shape index (κ2) is 9.07. The van der Waals surface area contributed by atoms with E-state index in [0.29, 0.717) is 30.3 Å². The summed E-state index contributed by atoms with van der Waals surface area (Å²) in [7, 11) is 1.94. The molecule has 1 aliphatic carbocycles. The molecule has 0 bridgehead atoms. The molecular weight excluding hydrogens is 446 g/mol. The number of aromatic nitrogens is 3. The minimum absolute atomic E-state index is 0.284. The Kier molecular flexibility index (Phi) is 6.09. The minimum Gasteiger partial charge on any atom is -0.382 e. The van der Waals surface area contributed by atoms with Crippen LogP contribution in [0.2, 0.25) is 0 Å². The van der Waals surface area contributed by atoms with Gasteiger partial charge < -0.3 is 15.5 Å². The third-order valence-corrected chi connectivity index (χ3v) is 6.92. The molecule has 2 aliphatic rings. The van der Waals surface area contributed by atoms with Gasteiger partial charge >= 0.3 is 0 Å². The second-order valence-corrected chi connectivity index (χ2v) is 10.2. The van der Waals surface area contributed by atoms with E-state index in [-0.39, 0.29) is 11.9 Å². The van der Waals surface area contributed by atoms with Crippen LogP contribution in [0, 0.1) is 12.7 Å². The third-order valence-electron chi connectivity index (χ3n) is 6.92. The lowest BCUT2D eigenvalue weighted by molar-refractivity contribution is 0.0622. The summed E-state index contributed by atoms with van der Waals surface area (Å²) in [6.07, 6.45) is 9.99. The van der Waals surface area contributed by atoms with Crippen molar-refractivity contribution < 1.29 is 8.78 Å². The minimum atomic E-state index is -1.34. The van der Waals surface area contributed by atoms with Crippen LogP contribution in [0.3, 0.4) is 0 Å². The molecule has 1 saturated carbocycles. The molecule has 2 fully saturated rings. The van der Waals surface area contributed by atoms with Crippen LogP contribution in [-0.4, -0.2) is 57.6 Å². The van der Waals surface area contributed by atoms with E-state index in [1.807, 2.05) is 37.2 Å². The molecule has 3 heterocycles. The number of rotatable bonds is 7. The lowest BCUT2D eigenvalue weighted by atomic mass is 9.91. The lowest BCUT2D eigenvalue weighted by Crippen LogP contribution is -2.54. The highest BCUT2D eigenvalue weighted by atomic mass is 19.1. The summed E-state index contributed by atoms with van der Waals surface area (Å²) in [6.45, 7) is 8.80. The maximum atomic E-state index is 15.1. The molecule has 2 atom stereocenters. The van der Waals surface area contributed by atoms with E-state index in [9.17, 15) is 4.39 Å². The Morgan fingerprint density at radius 1 is 1.17 bits per heavy atom. The smallest absolute Gasteiger partial charge is 0.140 e. The molecule has 0 spiro atoms. The van der Waals surface area contributed by atoms with Crippen molar-refractivity contribution in [2.45, 2.75) is 50.9 Å². The van der Waals surface area contributed by atoms with Crippen molar-refractivity contribution in [3.63, 3.8) is 0 Å². The molecular formula is C27H32F2N6. The normalized spacial score (nSPS) is 22.7. The van der Waals surface area contributed by atoms with Crippen molar-refractivity contribution in [2.75, 3.05) is 25.5 Å². The van der Waals surface area contributed by atoms with E-state index in [1.165, 1.54) is 0 Å². The number of hydrogen-bond acceptors (Lipinski definition) is 5. The number of halogens is 2. The van der Waals surface area contributed by atoms with Crippen LogP contribution in [0.25, 0.3) is 22.5 Å². The Labute approximate surface area is 205 Å². The van der Waals surface area contributed by atoms with Crippen LogP contribution in [0.5, 0.6) is 0 Å². The number of likely N-dealkylation sites (tertiary alicyclic amines) is 1. The van der Waals surface area contributed by atoms with Crippen molar-refractivity contribution in [3.05, 3.63) is 66.5 Å². The van der Waals surface area contributed by atoms with Gasteiger partial charge in [0.05, 0.1) is 36.0 Å². The van der Waals surface area contributed by atoms with Gasteiger partial charge in [-0.1, -0.05) is 6.58 Å². The molecule has 3 aromatic rings. The number of nitrogens with one attached hydrogen (secondary N) is 2. The number of pyridine rings is 1. The maximum Gasteiger partial charge on any atom is 0.140 e. The molecule has 35 heavy (non-hydrogen) atoms. The van der Waals surface area contributed by atoms with Crippen LogP contribution >= 0.6 is 0 Å². The molecule has 1 aliphatic heterocycles. The summed E-state index contributed by atoms with van der Waals surface area (Å²) < 4.78 is 31.6. The fourth-order valence-electron chi connectivity index (χ4n) is 4.79. The fourth-order valence-corrected chi connectivity index (χ4v) is 4.79. The van der Waals surface area contributed by atoms with Crippen molar-refractivity contribution in [1.82, 2.24) is 25.0 Å². The molecule has 0 radical (unpaired) electrons. The Morgan fingerprint density at radius 2 is 1.97 bits per heavy atom. The summed E-state index contributed by atoms with van der Waals surface area (Å²) in [4.78, 5) is 6.36. The third kappa shape index (κ3) is 5.07. The van der Waals surface area contributed by atoms with Crippen molar-refractivity contribution in [3.8, 4) is 16.8 Å². The lowest BCUT2D eigenvalue weighted by Gasteiger charge is -2.40. The number of benzene rings is 1. The zero-order valence-corrected chi connectivity index (χ0v) is 20.5. The maximum absolute atomic E-state index is 15.1. The molecule has 0 amide bonds. The van der Waals surface area contributed by atoms with Crippen molar-refractivity contribution in [1.29, 1.82) is 0 Å². The first-order valence-electron chi connectivity index (χ1n) is 12.1. The van der Waals surface area contributed by atoms with E-state index in [1.54, 1.807) is 36.3 Å². The first kappa shape index (κ1) is 23.5. The Morgan fingerprint density at radius 3 is 2.71 bits per heavy atom. The molecule has 1 aromatic carbocycles. The largest absolute Gasteiger partial charge is 0.382 e. The Balaban J connectivity index is 1.38. The van der Waals surface area contributed by atoms with Gasteiger partial charge in [0, 0.05) is 42.2 Å². The molecule has 5 rings (SSSR count). The van der Waals surface area contributed by atoms with E-state index >= 15 is 4.39 Å². The Bertz CT molecular complexity index is 1250. The van der Waals surface area contributed by atoms with Crippen LogP contribution < -0.4 is 10.6 Å². The summed E-state index contributed by atoms with van der Waals surface area (Å²) in [5.74, 6) is -0.284. The number of aryl methyl sites for hydroxylation is 1. The standard InChI is InChI=1S/C27H32F2N6/c1-17-9-25(28)24(18(2)32-20-5-6-20)11-23(17)19-12-31-35(15-19)22-10-21(13-30-14-22)33-26-7-8-34(4)16-27(26,3)29/h9-15,20,26,32-33H,2,5-8,16H2,1,3-4H3. The zero-order chi connectivity index (χ0) is 24.7. The Hall–Kier alpha value is -3.26. The van der Waals surface area contributed by atoms with Gasteiger partial charge in [0.15, 0.2) is 0 Å². The van der Waals surface area contributed by atoms with E-state index in [2.05, 4.69) is 27.3 Å². The molecule has 2 N–H and O–H groups in total. The number of anilines is 1. The van der Waals surface area contributed by atoms with Crippen LogP contribution in [0.4, 0.5) is 14.5 Å². The van der Waals surface area contributed by atoms with Gasteiger partial charge in [-0.15, -0.1) is 0 Å². The molecule has 2 aromatic heterocycles. The second-order valence-electron chi connectivity index (χ2n) is 10.2. The quantitative estimate of drug-likeness (QED) is 0.503. The molecule has 1 saturated heterocycles. The van der Waals surface area contributed by atoms with Crippen LogP contribution in [0.15, 0.2) is 49.6 Å². The topological polar surface area (TPSA) is 58.0 Å². The predicted molar refractivity (Wildman–Crippen MR) is 136 cm³/mol. The van der Waals surface area contributed by atoms with Gasteiger partial charge in [-0.05, 0) is 69.5 Å². The average Bonchev–Trinajstić information content (AvgIpc) is 3.47. The van der Waals surface area contributed by atoms with E-state index < -0.39 is 5.67 Å². The average molecular weight is 479 g/mol. The van der Waals surface area contributed by atoms with Crippen LogP contribution in [-0.2, 0) is 0 Å². The van der Waals surface area contributed by atoms with E-state index in [0.717, 1.165) is 47.5 Å². The highest BCUT2D eigenvalue weighted by molar-refractivity contribution is 5.73. The van der Waals surface area contributed by atoms with Gasteiger partial charge in [-0.3, -0.25) is 4.98 Å². The first-order chi connectivity index (χ1) is 16.7. The molecule has 2 unspecified atom stereocenters. The highest BCUT2D eigenvalue weighted by Gasteiger charge is 2.39. The summed E-state index contributed by atoms with van der Waals surface area (Å²) in [5.41, 5.74) is 3.85. The predicted octanol–water partition coefficient (Wildman–Crippen LogP) is 4.95. The SMILES string of the molecule is C=C(NC1CC1)c1cc(-c2cnn(-c3cncc(NC4CCN(C)CC4(C)F)c3)c2)c(C)cc1F. The number of piperidine rings is 1. The van der Waals surface area contributed by atoms with Gasteiger partial charge in [0.1, 0.15) is 11.5 Å². The molecule has 6 nitrogen and oxygen atoms in total. The van der Waals surface area contributed by atoms with Gasteiger partial charge in [-0.25, -0.2) is 13.5 Å². The summed E-state index contributed by atoms with van der Waals surface area (Å²) in [6, 6.07) is 5.41. The summed E-state index contributed by atoms with van der Waals surface area (Å²) >= 11 is 0. The van der Waals surface area contributed by atoms with Gasteiger partial charge in [-0.2, -0.15) is 5.10 Å². The van der Waals surface area contributed by atoms with E-state index in [4.69, 9.17) is 0 Å². The highest BCUT2D eigenvalue weighted by Crippen LogP contribution is 2.31.